The fraction of sp³-hybridized carbons (Fsp3) is 0.571. The molecule has 0 spiro atoms. The van der Waals surface area contributed by atoms with E-state index in [1.54, 1.807) is 0 Å². The maximum absolute atomic E-state index is 4.69. The average molecular weight is 289 g/mol. The SMILES string of the molecule is C[C@H]1CN(c2n[nH]c(-c3cc4c(s3)CCC4)n2)CCN1. The number of piperazine rings is 1. The fourth-order valence-electron chi connectivity index (χ4n) is 3.06. The minimum absolute atomic E-state index is 0.497. The van der Waals surface area contributed by atoms with Gasteiger partial charge in [-0.3, -0.25) is 5.10 Å². The van der Waals surface area contributed by atoms with Crippen molar-refractivity contribution < 1.29 is 0 Å². The minimum Gasteiger partial charge on any atom is -0.337 e. The number of hydrogen-bond donors (Lipinski definition) is 2. The first-order chi connectivity index (χ1) is 9.79. The number of anilines is 1. The Balaban J connectivity index is 1.57. The molecule has 4 rings (SSSR count). The lowest BCUT2D eigenvalue weighted by Crippen LogP contribution is -2.49. The lowest BCUT2D eigenvalue weighted by molar-refractivity contribution is 0.480. The highest BCUT2D eigenvalue weighted by molar-refractivity contribution is 7.15. The summed E-state index contributed by atoms with van der Waals surface area (Å²) in [5.41, 5.74) is 1.51. The Labute approximate surface area is 122 Å². The molecule has 1 fully saturated rings. The third-order valence-corrected chi connectivity index (χ3v) is 5.35. The molecule has 0 unspecified atom stereocenters. The van der Waals surface area contributed by atoms with Crippen LogP contribution in [0.25, 0.3) is 10.7 Å². The lowest BCUT2D eigenvalue weighted by atomic mass is 10.2. The molecule has 0 bridgehead atoms. The van der Waals surface area contributed by atoms with Crippen LogP contribution in [0.1, 0.15) is 23.8 Å². The number of aromatic nitrogens is 3. The summed E-state index contributed by atoms with van der Waals surface area (Å²) in [7, 11) is 0. The van der Waals surface area contributed by atoms with E-state index in [1.807, 2.05) is 11.3 Å². The molecule has 0 amide bonds. The molecular weight excluding hydrogens is 270 g/mol. The van der Waals surface area contributed by atoms with Crippen molar-refractivity contribution in [3.05, 3.63) is 16.5 Å². The van der Waals surface area contributed by atoms with E-state index in [0.29, 0.717) is 6.04 Å². The van der Waals surface area contributed by atoms with Crippen molar-refractivity contribution in [3.63, 3.8) is 0 Å². The van der Waals surface area contributed by atoms with Crippen molar-refractivity contribution in [1.82, 2.24) is 20.5 Å². The smallest absolute Gasteiger partial charge is 0.245 e. The number of rotatable bonds is 2. The van der Waals surface area contributed by atoms with Gasteiger partial charge in [0.2, 0.25) is 5.95 Å². The molecule has 5 nitrogen and oxygen atoms in total. The summed E-state index contributed by atoms with van der Waals surface area (Å²) in [4.78, 5) is 9.71. The van der Waals surface area contributed by atoms with Crippen molar-refractivity contribution in [3.8, 4) is 10.7 Å². The Hall–Kier alpha value is -1.40. The molecule has 1 aliphatic heterocycles. The topological polar surface area (TPSA) is 56.8 Å². The molecule has 2 N–H and O–H groups in total. The van der Waals surface area contributed by atoms with Crippen LogP contribution in [0.2, 0.25) is 0 Å². The molecule has 2 aliphatic rings. The van der Waals surface area contributed by atoms with Crippen LogP contribution in [0.5, 0.6) is 0 Å². The van der Waals surface area contributed by atoms with Crippen molar-refractivity contribution >= 4 is 17.3 Å². The molecular formula is C14H19N5S. The Morgan fingerprint density at radius 1 is 1.40 bits per heavy atom. The summed E-state index contributed by atoms with van der Waals surface area (Å²) in [6, 6.07) is 2.79. The minimum atomic E-state index is 0.497. The van der Waals surface area contributed by atoms with E-state index in [0.717, 1.165) is 31.4 Å². The van der Waals surface area contributed by atoms with Gasteiger partial charge in [0.15, 0.2) is 5.82 Å². The van der Waals surface area contributed by atoms with E-state index in [-0.39, 0.29) is 0 Å². The molecule has 106 valence electrons. The average Bonchev–Trinajstić information content (AvgIpc) is 3.13. The van der Waals surface area contributed by atoms with Gasteiger partial charge in [-0.1, -0.05) is 0 Å². The summed E-state index contributed by atoms with van der Waals surface area (Å²) in [6.07, 6.45) is 3.76. The first kappa shape index (κ1) is 12.3. The van der Waals surface area contributed by atoms with Crippen molar-refractivity contribution in [2.24, 2.45) is 0 Å². The van der Waals surface area contributed by atoms with Gasteiger partial charge in [0.1, 0.15) is 0 Å². The van der Waals surface area contributed by atoms with Gasteiger partial charge in [-0.2, -0.15) is 4.98 Å². The van der Waals surface area contributed by atoms with Gasteiger partial charge >= 0.3 is 0 Å². The number of thiophene rings is 1. The van der Waals surface area contributed by atoms with Crippen LogP contribution in [0, 0.1) is 0 Å². The van der Waals surface area contributed by atoms with Crippen LogP contribution < -0.4 is 10.2 Å². The van der Waals surface area contributed by atoms with Gasteiger partial charge in [-0.25, -0.2) is 0 Å². The summed E-state index contributed by atoms with van der Waals surface area (Å²) >= 11 is 1.87. The maximum Gasteiger partial charge on any atom is 0.245 e. The Morgan fingerprint density at radius 3 is 3.20 bits per heavy atom. The van der Waals surface area contributed by atoms with Crippen molar-refractivity contribution in [2.75, 3.05) is 24.5 Å². The Morgan fingerprint density at radius 2 is 2.35 bits per heavy atom. The van der Waals surface area contributed by atoms with Crippen LogP contribution >= 0.6 is 11.3 Å². The first-order valence-corrected chi connectivity index (χ1v) is 8.14. The zero-order chi connectivity index (χ0) is 13.5. The quantitative estimate of drug-likeness (QED) is 0.885. The van der Waals surface area contributed by atoms with E-state index in [9.17, 15) is 0 Å². The second-order valence-electron chi connectivity index (χ2n) is 5.70. The summed E-state index contributed by atoms with van der Waals surface area (Å²) in [5, 5.41) is 11.0. The van der Waals surface area contributed by atoms with Gasteiger partial charge in [0.25, 0.3) is 0 Å². The highest BCUT2D eigenvalue weighted by atomic mass is 32.1. The van der Waals surface area contributed by atoms with Crippen LogP contribution in [-0.4, -0.2) is 40.9 Å². The predicted octanol–water partition coefficient (Wildman–Crippen LogP) is 1.82. The Bertz CT molecular complexity index is 595. The number of aromatic amines is 1. The van der Waals surface area contributed by atoms with Gasteiger partial charge in [-0.15, -0.1) is 16.4 Å². The first-order valence-electron chi connectivity index (χ1n) is 7.32. The summed E-state index contributed by atoms with van der Waals surface area (Å²) < 4.78 is 0. The normalized spacial score (nSPS) is 22.2. The highest BCUT2D eigenvalue weighted by Gasteiger charge is 2.21. The zero-order valence-electron chi connectivity index (χ0n) is 11.6. The molecule has 2 aromatic rings. The lowest BCUT2D eigenvalue weighted by Gasteiger charge is -2.30. The third kappa shape index (κ3) is 2.13. The summed E-state index contributed by atoms with van der Waals surface area (Å²) in [6.45, 7) is 5.14. The van der Waals surface area contributed by atoms with Crippen LogP contribution in [0.4, 0.5) is 5.95 Å². The molecule has 20 heavy (non-hydrogen) atoms. The molecule has 0 aromatic carbocycles. The second kappa shape index (κ2) is 4.86. The van der Waals surface area contributed by atoms with Gasteiger partial charge in [0, 0.05) is 30.6 Å². The molecule has 1 aliphatic carbocycles. The Kier molecular flexibility index (Phi) is 3.00. The van der Waals surface area contributed by atoms with E-state index in [1.165, 1.54) is 34.6 Å². The zero-order valence-corrected chi connectivity index (χ0v) is 12.5. The highest BCUT2D eigenvalue weighted by Crippen LogP contribution is 2.35. The van der Waals surface area contributed by atoms with Crippen LogP contribution in [-0.2, 0) is 12.8 Å². The fourth-order valence-corrected chi connectivity index (χ4v) is 4.26. The number of fused-ring (bicyclic) bond motifs is 1. The number of H-pyrrole nitrogens is 1. The van der Waals surface area contributed by atoms with E-state index in [2.05, 4.69) is 33.4 Å². The van der Waals surface area contributed by atoms with E-state index >= 15 is 0 Å². The number of nitrogens with one attached hydrogen (secondary N) is 2. The largest absolute Gasteiger partial charge is 0.337 e. The number of aryl methyl sites for hydroxylation is 2. The maximum atomic E-state index is 4.69. The monoisotopic (exact) mass is 289 g/mol. The predicted molar refractivity (Wildman–Crippen MR) is 81.4 cm³/mol. The molecule has 3 heterocycles. The van der Waals surface area contributed by atoms with Gasteiger partial charge in [0.05, 0.1) is 4.88 Å². The van der Waals surface area contributed by atoms with E-state index < -0.39 is 0 Å². The standard InChI is InChI=1S/C14H19N5S/c1-9-8-19(6-5-15-9)14-16-13(17-18-14)12-7-10-3-2-4-11(10)20-12/h7,9,15H,2-6,8H2,1H3,(H,16,17,18)/t9-/m0/s1. The molecule has 6 heteroatoms. The molecule has 2 aromatic heterocycles. The molecule has 1 saturated heterocycles. The number of hydrogen-bond acceptors (Lipinski definition) is 5. The van der Waals surface area contributed by atoms with Gasteiger partial charge < -0.3 is 10.2 Å². The van der Waals surface area contributed by atoms with Gasteiger partial charge in [-0.05, 0) is 37.8 Å². The molecule has 0 saturated carbocycles. The summed E-state index contributed by atoms with van der Waals surface area (Å²) in [5.74, 6) is 1.76. The van der Waals surface area contributed by atoms with Crippen LogP contribution in [0.3, 0.4) is 0 Å². The third-order valence-electron chi connectivity index (χ3n) is 4.11. The molecule has 0 radical (unpaired) electrons. The number of nitrogens with zero attached hydrogens (tertiary/aromatic N) is 3. The van der Waals surface area contributed by atoms with Crippen molar-refractivity contribution in [2.45, 2.75) is 32.2 Å². The second-order valence-corrected chi connectivity index (χ2v) is 6.83. The van der Waals surface area contributed by atoms with E-state index in [4.69, 9.17) is 4.98 Å². The molecule has 1 atom stereocenters. The van der Waals surface area contributed by atoms with Crippen molar-refractivity contribution in [1.29, 1.82) is 0 Å². The van der Waals surface area contributed by atoms with Crippen LogP contribution in [0.15, 0.2) is 6.07 Å².